The highest BCUT2D eigenvalue weighted by Gasteiger charge is 2.36. The summed E-state index contributed by atoms with van der Waals surface area (Å²) in [6.45, 7) is 1.43. The van der Waals surface area contributed by atoms with Gasteiger partial charge in [0.05, 0.1) is 0 Å². The molecular formula is C18H23FN2O2. The molecule has 1 aromatic carbocycles. The first-order valence-corrected chi connectivity index (χ1v) is 8.33. The van der Waals surface area contributed by atoms with Crippen LogP contribution in [0.3, 0.4) is 0 Å². The summed E-state index contributed by atoms with van der Waals surface area (Å²) in [4.78, 5) is 28.3. The van der Waals surface area contributed by atoms with E-state index >= 15 is 0 Å². The van der Waals surface area contributed by atoms with E-state index in [2.05, 4.69) is 0 Å². The van der Waals surface area contributed by atoms with E-state index < -0.39 is 0 Å². The van der Waals surface area contributed by atoms with Crippen molar-refractivity contribution in [3.05, 3.63) is 35.6 Å². The molecule has 2 unspecified atom stereocenters. The summed E-state index contributed by atoms with van der Waals surface area (Å²) >= 11 is 0. The van der Waals surface area contributed by atoms with E-state index in [9.17, 15) is 14.0 Å². The van der Waals surface area contributed by atoms with Crippen LogP contribution in [0.15, 0.2) is 24.3 Å². The van der Waals surface area contributed by atoms with Gasteiger partial charge in [0.2, 0.25) is 11.8 Å². The third-order valence-corrected chi connectivity index (χ3v) is 5.05. The molecule has 2 saturated heterocycles. The molecule has 0 aromatic heterocycles. The average Bonchev–Trinajstić information content (AvgIpc) is 2.99. The molecule has 23 heavy (non-hydrogen) atoms. The molecule has 2 amide bonds. The number of nitrogens with zero attached hydrogens (tertiary/aromatic N) is 2. The Hall–Kier alpha value is -1.91. The van der Waals surface area contributed by atoms with Gasteiger partial charge in [-0.2, -0.15) is 0 Å². The second-order valence-corrected chi connectivity index (χ2v) is 6.66. The summed E-state index contributed by atoms with van der Waals surface area (Å²) in [6, 6.07) is 6.67. The molecule has 2 aliphatic rings. The molecule has 1 aromatic rings. The van der Waals surface area contributed by atoms with Crippen LogP contribution in [0.25, 0.3) is 0 Å². The fourth-order valence-corrected chi connectivity index (χ4v) is 3.62. The van der Waals surface area contributed by atoms with Crippen LogP contribution >= 0.6 is 0 Å². The number of hydrogen-bond acceptors (Lipinski definition) is 2. The molecule has 4 nitrogen and oxygen atoms in total. The Balaban J connectivity index is 1.65. The molecule has 2 atom stereocenters. The predicted molar refractivity (Wildman–Crippen MR) is 85.2 cm³/mol. The Kier molecular flexibility index (Phi) is 4.64. The molecule has 2 heterocycles. The maximum Gasteiger partial charge on any atom is 0.226 e. The third kappa shape index (κ3) is 3.54. The summed E-state index contributed by atoms with van der Waals surface area (Å²) in [5, 5.41) is 0. The van der Waals surface area contributed by atoms with Crippen molar-refractivity contribution >= 4 is 11.8 Å². The first-order valence-electron chi connectivity index (χ1n) is 8.33. The van der Waals surface area contributed by atoms with Crippen LogP contribution in [0.5, 0.6) is 0 Å². The summed E-state index contributed by atoms with van der Waals surface area (Å²) in [5.74, 6) is -0.231. The van der Waals surface area contributed by atoms with Gasteiger partial charge in [-0.15, -0.1) is 0 Å². The van der Waals surface area contributed by atoms with E-state index in [1.165, 1.54) is 12.1 Å². The molecular weight excluding hydrogens is 295 g/mol. The van der Waals surface area contributed by atoms with Gasteiger partial charge < -0.3 is 9.80 Å². The zero-order chi connectivity index (χ0) is 16.4. The van der Waals surface area contributed by atoms with Gasteiger partial charge in [-0.05, 0) is 43.4 Å². The largest absolute Gasteiger partial charge is 0.346 e. The van der Waals surface area contributed by atoms with Crippen LogP contribution in [-0.2, 0) is 16.0 Å². The fourth-order valence-electron chi connectivity index (χ4n) is 3.62. The maximum atomic E-state index is 13.0. The van der Waals surface area contributed by atoms with Crippen molar-refractivity contribution in [2.75, 3.05) is 20.1 Å². The lowest BCUT2D eigenvalue weighted by Gasteiger charge is -2.33. The van der Waals surface area contributed by atoms with Crippen LogP contribution in [0.2, 0.25) is 0 Å². The van der Waals surface area contributed by atoms with Gasteiger partial charge in [-0.25, -0.2) is 4.39 Å². The normalized spacial score (nSPS) is 25.0. The lowest BCUT2D eigenvalue weighted by atomic mass is 9.94. The van der Waals surface area contributed by atoms with Gasteiger partial charge in [-0.3, -0.25) is 9.59 Å². The number of piperidine rings is 1. The lowest BCUT2D eigenvalue weighted by molar-refractivity contribution is -0.144. The van der Waals surface area contributed by atoms with Crippen LogP contribution in [0.1, 0.15) is 31.2 Å². The Morgan fingerprint density at radius 1 is 1.22 bits per heavy atom. The van der Waals surface area contributed by atoms with Gasteiger partial charge in [0.15, 0.2) is 0 Å². The Morgan fingerprint density at radius 2 is 1.96 bits per heavy atom. The summed E-state index contributed by atoms with van der Waals surface area (Å²) in [7, 11) is 1.79. The monoisotopic (exact) mass is 318 g/mol. The second kappa shape index (κ2) is 6.69. The first-order chi connectivity index (χ1) is 11.0. The molecule has 0 bridgehead atoms. The third-order valence-electron chi connectivity index (χ3n) is 5.05. The highest BCUT2D eigenvalue weighted by atomic mass is 19.1. The van der Waals surface area contributed by atoms with Crippen LogP contribution < -0.4 is 0 Å². The van der Waals surface area contributed by atoms with Gasteiger partial charge >= 0.3 is 0 Å². The molecule has 2 aliphatic heterocycles. The summed E-state index contributed by atoms with van der Waals surface area (Å²) in [6.07, 6.45) is 3.81. The van der Waals surface area contributed by atoms with Crippen molar-refractivity contribution in [2.24, 2.45) is 5.92 Å². The minimum atomic E-state index is -0.238. The van der Waals surface area contributed by atoms with E-state index in [0.717, 1.165) is 37.8 Å². The van der Waals surface area contributed by atoms with Crippen LogP contribution in [-0.4, -0.2) is 47.8 Å². The summed E-state index contributed by atoms with van der Waals surface area (Å²) in [5.41, 5.74) is 1.05. The first kappa shape index (κ1) is 16.0. The smallest absolute Gasteiger partial charge is 0.226 e. The van der Waals surface area contributed by atoms with E-state index in [-0.39, 0.29) is 29.6 Å². The summed E-state index contributed by atoms with van der Waals surface area (Å²) < 4.78 is 13.0. The van der Waals surface area contributed by atoms with E-state index in [0.29, 0.717) is 13.0 Å². The van der Waals surface area contributed by atoms with Crippen molar-refractivity contribution in [3.63, 3.8) is 0 Å². The van der Waals surface area contributed by atoms with Crippen LogP contribution in [0.4, 0.5) is 4.39 Å². The van der Waals surface area contributed by atoms with E-state index in [1.807, 2.05) is 4.90 Å². The lowest BCUT2D eigenvalue weighted by Crippen LogP contribution is -2.45. The zero-order valence-corrected chi connectivity index (χ0v) is 13.5. The van der Waals surface area contributed by atoms with Gasteiger partial charge in [-0.1, -0.05) is 12.1 Å². The quantitative estimate of drug-likeness (QED) is 0.857. The Morgan fingerprint density at radius 3 is 2.65 bits per heavy atom. The number of halogens is 1. The Bertz CT molecular complexity index is 587. The average molecular weight is 318 g/mol. The molecule has 3 rings (SSSR count). The SMILES string of the molecule is CN1CCC(C(=O)N2CCCC2Cc2ccc(F)cc2)CC1=O. The number of amides is 2. The Labute approximate surface area is 136 Å². The molecule has 124 valence electrons. The standard InChI is InChI=1S/C18H23FN2O2/c1-20-10-8-14(12-17(20)22)18(23)21-9-2-3-16(21)11-13-4-6-15(19)7-5-13/h4-7,14,16H,2-3,8-12H2,1H3. The topological polar surface area (TPSA) is 40.6 Å². The number of carbonyl (C=O) groups is 2. The number of likely N-dealkylation sites (tertiary alicyclic amines) is 2. The molecule has 0 saturated carbocycles. The number of benzene rings is 1. The number of carbonyl (C=O) groups excluding carboxylic acids is 2. The van der Waals surface area contributed by atoms with Crippen LogP contribution in [0, 0.1) is 11.7 Å². The van der Waals surface area contributed by atoms with Crippen molar-refractivity contribution in [1.82, 2.24) is 9.80 Å². The molecule has 5 heteroatoms. The molecule has 2 fully saturated rings. The van der Waals surface area contributed by atoms with Gasteiger partial charge in [0.1, 0.15) is 5.82 Å². The zero-order valence-electron chi connectivity index (χ0n) is 13.5. The fraction of sp³-hybridized carbons (Fsp3) is 0.556. The van der Waals surface area contributed by atoms with Gasteiger partial charge in [0, 0.05) is 38.5 Å². The van der Waals surface area contributed by atoms with Crippen molar-refractivity contribution in [3.8, 4) is 0 Å². The minimum absolute atomic E-state index is 0.0591. The number of rotatable bonds is 3. The predicted octanol–water partition coefficient (Wildman–Crippen LogP) is 2.23. The highest BCUT2D eigenvalue weighted by Crippen LogP contribution is 2.27. The van der Waals surface area contributed by atoms with Crippen molar-refractivity contribution in [2.45, 2.75) is 38.1 Å². The number of hydrogen-bond donors (Lipinski definition) is 0. The molecule has 0 aliphatic carbocycles. The molecule has 0 spiro atoms. The minimum Gasteiger partial charge on any atom is -0.346 e. The highest BCUT2D eigenvalue weighted by molar-refractivity contribution is 5.87. The van der Waals surface area contributed by atoms with Crippen molar-refractivity contribution in [1.29, 1.82) is 0 Å². The van der Waals surface area contributed by atoms with E-state index in [1.54, 1.807) is 24.1 Å². The van der Waals surface area contributed by atoms with E-state index in [4.69, 9.17) is 0 Å². The second-order valence-electron chi connectivity index (χ2n) is 6.66. The molecule has 0 radical (unpaired) electrons. The van der Waals surface area contributed by atoms with Crippen molar-refractivity contribution < 1.29 is 14.0 Å². The maximum absolute atomic E-state index is 13.0. The molecule has 0 N–H and O–H groups in total. The van der Waals surface area contributed by atoms with Gasteiger partial charge in [0.25, 0.3) is 0 Å².